The molecule has 0 heterocycles. The van der Waals surface area contributed by atoms with Crippen LogP contribution in [0.15, 0.2) is 0 Å². The number of nitrogens with zero attached hydrogens (tertiary/aromatic N) is 2. The van der Waals surface area contributed by atoms with Gasteiger partial charge in [0.05, 0.1) is 0 Å². The van der Waals surface area contributed by atoms with E-state index in [9.17, 15) is 0 Å². The molecular formula is C14H33N3. The lowest BCUT2D eigenvalue weighted by Crippen LogP contribution is -2.26. The Morgan fingerprint density at radius 2 is 1.47 bits per heavy atom. The number of unbranched alkanes of at least 4 members (excludes halogenated alkanes) is 1. The summed E-state index contributed by atoms with van der Waals surface area (Å²) < 4.78 is 0. The van der Waals surface area contributed by atoms with E-state index in [4.69, 9.17) is 5.73 Å². The summed E-state index contributed by atoms with van der Waals surface area (Å²) in [5, 5.41) is 0. The maximum absolute atomic E-state index is 5.73. The van der Waals surface area contributed by atoms with Crippen molar-refractivity contribution in [3.05, 3.63) is 0 Å². The van der Waals surface area contributed by atoms with Crippen LogP contribution in [0.25, 0.3) is 0 Å². The zero-order valence-electron chi connectivity index (χ0n) is 12.6. The highest BCUT2D eigenvalue weighted by molar-refractivity contribution is 4.69. The van der Waals surface area contributed by atoms with E-state index in [1.165, 1.54) is 45.3 Å². The van der Waals surface area contributed by atoms with Gasteiger partial charge in [0.2, 0.25) is 0 Å². The standard InChI is InChI=1S/C14H33N3/c1-14(2,13-15)9-6-7-11-17(5)12-8-10-16(3)4/h6-13,15H2,1-5H3. The highest BCUT2D eigenvalue weighted by Crippen LogP contribution is 2.21. The fraction of sp³-hybridized carbons (Fsp3) is 1.00. The molecule has 0 fully saturated rings. The quantitative estimate of drug-likeness (QED) is 0.596. The van der Waals surface area contributed by atoms with Crippen LogP contribution in [0.5, 0.6) is 0 Å². The van der Waals surface area contributed by atoms with Crippen LogP contribution in [-0.2, 0) is 0 Å². The number of rotatable bonds is 10. The Hall–Kier alpha value is -0.120. The Bertz CT molecular complexity index is 178. The lowest BCUT2D eigenvalue weighted by atomic mass is 9.87. The summed E-state index contributed by atoms with van der Waals surface area (Å²) in [7, 11) is 6.49. The molecule has 0 atom stereocenters. The fourth-order valence-electron chi connectivity index (χ4n) is 1.86. The Labute approximate surface area is 108 Å². The Balaban J connectivity index is 3.42. The highest BCUT2D eigenvalue weighted by Gasteiger charge is 2.14. The molecule has 0 rings (SSSR count). The van der Waals surface area contributed by atoms with E-state index >= 15 is 0 Å². The first-order valence-electron chi connectivity index (χ1n) is 6.91. The van der Waals surface area contributed by atoms with Gasteiger partial charge in [0.25, 0.3) is 0 Å². The molecule has 0 aromatic carbocycles. The van der Waals surface area contributed by atoms with Crippen molar-refractivity contribution in [2.24, 2.45) is 11.1 Å². The summed E-state index contributed by atoms with van der Waals surface area (Å²) in [6.07, 6.45) is 5.09. The minimum atomic E-state index is 0.323. The maximum Gasteiger partial charge on any atom is -0.000960 e. The van der Waals surface area contributed by atoms with E-state index in [-0.39, 0.29) is 0 Å². The van der Waals surface area contributed by atoms with Gasteiger partial charge in [-0.1, -0.05) is 20.3 Å². The van der Waals surface area contributed by atoms with Gasteiger partial charge in [-0.2, -0.15) is 0 Å². The molecule has 0 saturated carbocycles. The second-order valence-corrected chi connectivity index (χ2v) is 6.29. The summed E-state index contributed by atoms with van der Waals surface area (Å²) in [4.78, 5) is 4.69. The summed E-state index contributed by atoms with van der Waals surface area (Å²) in [5.41, 5.74) is 6.05. The molecule has 0 radical (unpaired) electrons. The third-order valence-corrected chi connectivity index (χ3v) is 3.34. The van der Waals surface area contributed by atoms with Crippen LogP contribution in [0.2, 0.25) is 0 Å². The van der Waals surface area contributed by atoms with Gasteiger partial charge in [0, 0.05) is 0 Å². The predicted octanol–water partition coefficient (Wildman–Crippen LogP) is 2.03. The van der Waals surface area contributed by atoms with Gasteiger partial charge in [-0.3, -0.25) is 0 Å². The molecule has 3 heteroatoms. The van der Waals surface area contributed by atoms with Crippen molar-refractivity contribution in [1.29, 1.82) is 0 Å². The van der Waals surface area contributed by atoms with E-state index in [1.54, 1.807) is 0 Å². The van der Waals surface area contributed by atoms with E-state index in [1.807, 2.05) is 0 Å². The zero-order chi connectivity index (χ0) is 13.3. The molecule has 0 bridgehead atoms. The third kappa shape index (κ3) is 10.7. The number of hydrogen-bond acceptors (Lipinski definition) is 3. The van der Waals surface area contributed by atoms with Crippen LogP contribution < -0.4 is 5.73 Å². The summed E-state index contributed by atoms with van der Waals surface area (Å²) in [5.74, 6) is 0. The minimum absolute atomic E-state index is 0.323. The number of hydrogen-bond donors (Lipinski definition) is 1. The van der Waals surface area contributed by atoms with Gasteiger partial charge < -0.3 is 15.5 Å². The summed E-state index contributed by atoms with van der Waals surface area (Å²) in [6.45, 7) is 8.92. The van der Waals surface area contributed by atoms with Crippen LogP contribution in [0.3, 0.4) is 0 Å². The average molecular weight is 243 g/mol. The molecule has 0 unspecified atom stereocenters. The second-order valence-electron chi connectivity index (χ2n) is 6.29. The molecule has 0 aromatic heterocycles. The maximum atomic E-state index is 5.73. The zero-order valence-corrected chi connectivity index (χ0v) is 12.6. The van der Waals surface area contributed by atoms with Gasteiger partial charge in [0.15, 0.2) is 0 Å². The average Bonchev–Trinajstić information content (AvgIpc) is 2.24. The van der Waals surface area contributed by atoms with Crippen molar-refractivity contribution in [3.63, 3.8) is 0 Å². The molecule has 3 nitrogen and oxygen atoms in total. The van der Waals surface area contributed by atoms with Crippen LogP contribution in [0.4, 0.5) is 0 Å². The number of nitrogens with two attached hydrogens (primary N) is 1. The normalized spacial score (nSPS) is 12.7. The third-order valence-electron chi connectivity index (χ3n) is 3.34. The molecule has 0 spiro atoms. The first kappa shape index (κ1) is 16.9. The van der Waals surface area contributed by atoms with E-state index in [0.29, 0.717) is 5.41 Å². The molecule has 0 saturated heterocycles. The molecule has 17 heavy (non-hydrogen) atoms. The first-order chi connectivity index (χ1) is 7.87. The van der Waals surface area contributed by atoms with Crippen molar-refractivity contribution < 1.29 is 0 Å². The summed E-state index contributed by atoms with van der Waals surface area (Å²) in [6, 6.07) is 0. The second kappa shape index (κ2) is 8.90. The van der Waals surface area contributed by atoms with Crippen LogP contribution in [-0.4, -0.2) is 57.1 Å². The lowest BCUT2D eigenvalue weighted by molar-refractivity contribution is 0.279. The Kier molecular flexibility index (Phi) is 8.83. The van der Waals surface area contributed by atoms with Crippen LogP contribution in [0, 0.1) is 5.41 Å². The molecule has 104 valence electrons. The molecule has 0 aliphatic rings. The van der Waals surface area contributed by atoms with Gasteiger partial charge in [-0.25, -0.2) is 0 Å². The predicted molar refractivity (Wildman–Crippen MR) is 77.4 cm³/mol. The van der Waals surface area contributed by atoms with Gasteiger partial charge >= 0.3 is 0 Å². The molecule has 0 aliphatic heterocycles. The van der Waals surface area contributed by atoms with E-state index < -0.39 is 0 Å². The molecular weight excluding hydrogens is 210 g/mol. The fourth-order valence-corrected chi connectivity index (χ4v) is 1.86. The Morgan fingerprint density at radius 1 is 0.882 bits per heavy atom. The van der Waals surface area contributed by atoms with Crippen molar-refractivity contribution in [2.45, 2.75) is 39.5 Å². The molecule has 2 N–H and O–H groups in total. The van der Waals surface area contributed by atoms with Gasteiger partial charge in [0.1, 0.15) is 0 Å². The monoisotopic (exact) mass is 243 g/mol. The van der Waals surface area contributed by atoms with Gasteiger partial charge in [-0.15, -0.1) is 0 Å². The van der Waals surface area contributed by atoms with Crippen molar-refractivity contribution in [1.82, 2.24) is 9.80 Å². The van der Waals surface area contributed by atoms with Crippen LogP contribution in [0.1, 0.15) is 39.5 Å². The van der Waals surface area contributed by atoms with Crippen molar-refractivity contribution in [2.75, 3.05) is 47.3 Å². The van der Waals surface area contributed by atoms with Crippen LogP contribution >= 0.6 is 0 Å². The SMILES string of the molecule is CN(C)CCCN(C)CCCCC(C)(C)CN. The highest BCUT2D eigenvalue weighted by atomic mass is 15.1. The molecule has 0 amide bonds. The van der Waals surface area contributed by atoms with Crippen molar-refractivity contribution >= 4 is 0 Å². The van der Waals surface area contributed by atoms with E-state index in [0.717, 1.165) is 6.54 Å². The van der Waals surface area contributed by atoms with Gasteiger partial charge in [-0.05, 0) is 72.0 Å². The lowest BCUT2D eigenvalue weighted by Gasteiger charge is -2.23. The molecule has 0 aromatic rings. The topological polar surface area (TPSA) is 32.5 Å². The van der Waals surface area contributed by atoms with Crippen molar-refractivity contribution in [3.8, 4) is 0 Å². The van der Waals surface area contributed by atoms with E-state index in [2.05, 4.69) is 44.8 Å². The molecule has 0 aliphatic carbocycles. The Morgan fingerprint density at radius 3 is 2.00 bits per heavy atom. The smallest absolute Gasteiger partial charge is 0.000960 e. The minimum Gasteiger partial charge on any atom is -0.330 e. The largest absolute Gasteiger partial charge is 0.330 e. The summed E-state index contributed by atoms with van der Waals surface area (Å²) >= 11 is 0. The first-order valence-corrected chi connectivity index (χ1v) is 6.91.